The van der Waals surface area contributed by atoms with E-state index in [2.05, 4.69) is 31.2 Å². The molecular weight excluding hydrogens is 1060 g/mol. The zero-order valence-electron chi connectivity index (χ0n) is 44.7. The van der Waals surface area contributed by atoms with Crippen molar-refractivity contribution >= 4 is 65.1 Å². The number of aliphatic hydroxyl groups is 1. The number of nitrogens with one attached hydrogen (secondary N) is 5. The molecule has 1 fully saturated rings. The number of aromatic nitrogens is 2. The summed E-state index contributed by atoms with van der Waals surface area (Å²) in [6, 6.07) is 10.2. The summed E-state index contributed by atoms with van der Waals surface area (Å²) in [5.41, 5.74) is 2.10. The molecule has 5 rings (SSSR count). The minimum Gasteiger partial charge on any atom is -0.481 e. The summed E-state index contributed by atoms with van der Waals surface area (Å²) in [5, 5.41) is 80.0. The van der Waals surface area contributed by atoms with Crippen molar-refractivity contribution in [3.63, 3.8) is 0 Å². The van der Waals surface area contributed by atoms with Crippen LogP contribution >= 0.6 is 0 Å². The molecule has 81 heavy (non-hydrogen) atoms. The van der Waals surface area contributed by atoms with Crippen LogP contribution in [-0.4, -0.2) is 251 Å². The molecule has 29 nitrogen and oxygen atoms in total. The number of hydrogen-bond acceptors (Lipinski definition) is 18. The normalized spacial score (nSPS) is 17.1. The molecule has 4 amide bonds. The number of imidazole rings is 1. The Morgan fingerprint density at radius 3 is 1.79 bits per heavy atom. The molecule has 0 unspecified atom stereocenters. The van der Waals surface area contributed by atoms with Crippen molar-refractivity contribution in [2.75, 3.05) is 96.9 Å². The lowest BCUT2D eigenvalue weighted by Gasteiger charge is -2.33. The number of aliphatic hydroxyl groups excluding tert-OH is 1. The Morgan fingerprint density at radius 1 is 0.691 bits per heavy atom. The number of carboxylic acid groups (broad SMARTS) is 6. The lowest BCUT2D eigenvalue weighted by Crippen LogP contribution is -2.57. The van der Waals surface area contributed by atoms with Crippen LogP contribution in [0.4, 0.5) is 5.69 Å². The van der Waals surface area contributed by atoms with Gasteiger partial charge in [-0.25, -0.2) is 4.98 Å². The van der Waals surface area contributed by atoms with Gasteiger partial charge in [0.2, 0.25) is 17.7 Å². The first-order valence-electron chi connectivity index (χ1n) is 26.3. The van der Waals surface area contributed by atoms with Gasteiger partial charge in [-0.2, -0.15) is 0 Å². The fourth-order valence-electron chi connectivity index (χ4n) is 9.32. The summed E-state index contributed by atoms with van der Waals surface area (Å²) in [6.45, 7) is -0.526. The molecule has 442 valence electrons. The van der Waals surface area contributed by atoms with Crippen LogP contribution in [0.15, 0.2) is 60.9 Å². The van der Waals surface area contributed by atoms with Crippen molar-refractivity contribution < 1.29 is 83.7 Å². The molecule has 1 aromatic heterocycles. The predicted octanol–water partition coefficient (Wildman–Crippen LogP) is -1.68. The number of aromatic amines is 1. The highest BCUT2D eigenvalue weighted by molar-refractivity contribution is 5.96. The van der Waals surface area contributed by atoms with Crippen molar-refractivity contribution in [2.45, 2.75) is 82.5 Å². The van der Waals surface area contributed by atoms with Gasteiger partial charge >= 0.3 is 35.8 Å². The number of aliphatic carboxylic acids is 6. The van der Waals surface area contributed by atoms with Crippen molar-refractivity contribution in [3.05, 3.63) is 83.4 Å². The number of carbonyl (C=O) groups excluding carboxylic acids is 4. The molecule has 12 N–H and O–H groups in total. The smallest absolute Gasteiger partial charge is 0.317 e. The second-order valence-corrected chi connectivity index (χ2v) is 19.7. The number of fused-ring (bicyclic) bond motifs is 1. The molecule has 0 aliphatic carbocycles. The van der Waals surface area contributed by atoms with Crippen molar-refractivity contribution in [1.82, 2.24) is 55.3 Å². The van der Waals surface area contributed by atoms with Gasteiger partial charge < -0.3 is 66.5 Å². The molecule has 0 bridgehead atoms. The van der Waals surface area contributed by atoms with Crippen LogP contribution in [0.3, 0.4) is 0 Å². The van der Waals surface area contributed by atoms with E-state index in [0.29, 0.717) is 17.1 Å². The quantitative estimate of drug-likeness (QED) is 0.0262. The third-order valence-corrected chi connectivity index (χ3v) is 13.4. The maximum atomic E-state index is 14.2. The minimum absolute atomic E-state index is 0.0239. The van der Waals surface area contributed by atoms with Crippen LogP contribution in [0.1, 0.15) is 65.8 Å². The summed E-state index contributed by atoms with van der Waals surface area (Å²) in [5.74, 6) is -9.15. The van der Waals surface area contributed by atoms with E-state index in [1.54, 1.807) is 55.1 Å². The van der Waals surface area contributed by atoms with Crippen LogP contribution in [0.5, 0.6) is 0 Å². The fraction of sp³-hybridized carbons (Fsp3) is 0.519. The van der Waals surface area contributed by atoms with E-state index in [1.807, 2.05) is 30.3 Å². The summed E-state index contributed by atoms with van der Waals surface area (Å²) < 4.78 is 0. The standard InChI is InChI=1S/C52H72N12O17/c65-42(30-59-17-19-60(31-46(72)73)21-23-62(33-48(76)77)24-22-61(20-18-59)32-47(74)75)57-39(10-12-44(68)69)50(79)58-38(9-11-43(66)67)49(78)55-13-4-16-63-28-36-25-35(7-8-37(36)56-40(52(63)81)26-45(70)71)51(80)64(29-41-53-14-15-54-41)27-34-5-2-1-3-6-34/h1-3,5-8,14-15,25,38-40,50,56,58,79H,4,9-13,16-24,26-33H2,(H,53,54)(H,55,78)(H,57,65)(H,66,67)(H,68,69)(H,70,71)(H,72,73)(H,74,75)(H,76,77)/t38-,39-,40-,50+/m0/s1. The number of amides is 4. The third kappa shape index (κ3) is 22.5. The van der Waals surface area contributed by atoms with Gasteiger partial charge in [0.05, 0.1) is 51.2 Å². The molecule has 0 saturated carbocycles. The fourth-order valence-corrected chi connectivity index (χ4v) is 9.32. The van der Waals surface area contributed by atoms with E-state index in [9.17, 15) is 83.7 Å². The van der Waals surface area contributed by atoms with Crippen LogP contribution < -0.4 is 21.3 Å². The lowest BCUT2D eigenvalue weighted by molar-refractivity contribution is -0.141. The SMILES string of the molecule is O=C(O)CC[C@H](N[C@H](O)[C@H](CCC(=O)O)NC(=O)CN1CCN(CC(=O)O)CCN(CC(=O)O)CCN(CC(=O)O)CC1)C(=O)NCCCN1Cc2cc(C(=O)N(Cc3ccccc3)Cc3ncc[nH]3)ccc2N[C@@H](CC(=O)O)C1=O. The van der Waals surface area contributed by atoms with Gasteiger partial charge in [-0.3, -0.25) is 72.9 Å². The Kier molecular flexibility index (Phi) is 25.4. The Morgan fingerprint density at radius 2 is 1.26 bits per heavy atom. The van der Waals surface area contributed by atoms with Crippen LogP contribution in [0, 0.1) is 0 Å². The highest BCUT2D eigenvalue weighted by Gasteiger charge is 2.33. The molecule has 3 aromatic rings. The number of rotatable bonds is 30. The number of benzene rings is 2. The first-order valence-corrected chi connectivity index (χ1v) is 26.3. The summed E-state index contributed by atoms with van der Waals surface area (Å²) in [6.07, 6.45) is -0.986. The Hall–Kier alpha value is -8.09. The molecule has 0 spiro atoms. The topological polar surface area (TPSA) is 409 Å². The van der Waals surface area contributed by atoms with E-state index in [-0.39, 0.29) is 122 Å². The lowest BCUT2D eigenvalue weighted by atomic mass is 10.1. The van der Waals surface area contributed by atoms with Gasteiger partial charge in [0.25, 0.3) is 5.91 Å². The highest BCUT2D eigenvalue weighted by atomic mass is 16.4. The van der Waals surface area contributed by atoms with E-state index < -0.39 is 117 Å². The summed E-state index contributed by atoms with van der Waals surface area (Å²) >= 11 is 0. The maximum Gasteiger partial charge on any atom is 0.317 e. The third-order valence-electron chi connectivity index (χ3n) is 13.4. The van der Waals surface area contributed by atoms with Gasteiger partial charge in [-0.15, -0.1) is 0 Å². The molecule has 4 atom stereocenters. The Balaban J connectivity index is 1.26. The van der Waals surface area contributed by atoms with Crippen LogP contribution in [0.2, 0.25) is 0 Å². The largest absolute Gasteiger partial charge is 0.481 e. The zero-order valence-corrected chi connectivity index (χ0v) is 44.7. The number of carboxylic acids is 6. The molecule has 1 saturated heterocycles. The molecular formula is C52H72N12O17. The molecule has 2 aliphatic heterocycles. The number of carbonyl (C=O) groups is 10. The molecule has 0 radical (unpaired) electrons. The van der Waals surface area contributed by atoms with Crippen molar-refractivity contribution in [1.29, 1.82) is 0 Å². The zero-order chi connectivity index (χ0) is 59.0. The Bertz CT molecular complexity index is 2600. The number of H-pyrrole nitrogens is 1. The first kappa shape index (κ1) is 63.7. The minimum atomic E-state index is -1.84. The average Bonchev–Trinajstić information content (AvgIpc) is 3.89. The second kappa shape index (κ2) is 32.2. The molecule has 3 heterocycles. The molecule has 2 aliphatic rings. The van der Waals surface area contributed by atoms with Crippen LogP contribution in [0.25, 0.3) is 0 Å². The predicted molar refractivity (Wildman–Crippen MR) is 285 cm³/mol. The van der Waals surface area contributed by atoms with Gasteiger partial charge in [-0.05, 0) is 48.6 Å². The van der Waals surface area contributed by atoms with E-state index in [4.69, 9.17) is 0 Å². The highest BCUT2D eigenvalue weighted by Crippen LogP contribution is 2.27. The van der Waals surface area contributed by atoms with Crippen LogP contribution in [-0.2, 0) is 62.8 Å². The van der Waals surface area contributed by atoms with Gasteiger partial charge in [0.15, 0.2) is 0 Å². The van der Waals surface area contributed by atoms with Gasteiger partial charge in [-0.1, -0.05) is 30.3 Å². The number of hydrogen-bond donors (Lipinski definition) is 12. The Labute approximate surface area is 465 Å². The van der Waals surface area contributed by atoms with Gasteiger partial charge in [0.1, 0.15) is 18.1 Å². The molecule has 2 aromatic carbocycles. The van der Waals surface area contributed by atoms with Crippen molar-refractivity contribution in [2.24, 2.45) is 0 Å². The number of anilines is 1. The van der Waals surface area contributed by atoms with E-state index in [0.717, 1.165) is 5.56 Å². The van der Waals surface area contributed by atoms with E-state index >= 15 is 0 Å². The van der Waals surface area contributed by atoms with E-state index in [1.165, 1.54) is 4.90 Å². The average molecular weight is 1140 g/mol. The van der Waals surface area contributed by atoms with Crippen molar-refractivity contribution in [3.8, 4) is 0 Å². The second-order valence-electron chi connectivity index (χ2n) is 19.7. The molecule has 29 heteroatoms. The van der Waals surface area contributed by atoms with Gasteiger partial charge in [0, 0.05) is 115 Å². The number of nitrogens with zero attached hydrogens (tertiary/aromatic N) is 7. The maximum absolute atomic E-state index is 14.2. The summed E-state index contributed by atoms with van der Waals surface area (Å²) in [4.78, 5) is 143. The first-order chi connectivity index (χ1) is 38.6. The monoisotopic (exact) mass is 1140 g/mol. The summed E-state index contributed by atoms with van der Waals surface area (Å²) in [7, 11) is 0.